The second kappa shape index (κ2) is 2.64. The number of alkyl halides is 3. The highest BCUT2D eigenvalue weighted by molar-refractivity contribution is 4.90. The Morgan fingerprint density at radius 1 is 1.18 bits per heavy atom. The summed E-state index contributed by atoms with van der Waals surface area (Å²) < 4.78 is 36.1. The average molecular weight is 168 g/mol. The highest BCUT2D eigenvalue weighted by Gasteiger charge is 2.53. The van der Waals surface area contributed by atoms with Gasteiger partial charge in [-0.3, -0.25) is 0 Å². The second-order valence-electron chi connectivity index (χ2n) is 2.70. The van der Waals surface area contributed by atoms with E-state index in [1.54, 1.807) is 0 Å². The van der Waals surface area contributed by atoms with Gasteiger partial charge in [0.2, 0.25) is 0 Å². The number of hydrogen-bond acceptors (Lipinski definition) is 1. The third-order valence-electron chi connectivity index (χ3n) is 1.89. The molecule has 0 aromatic carbocycles. The number of piperidine rings is 1. The molecule has 0 atom stereocenters. The standard InChI is InChI=1S/C6H9F3NO/c7-6(8,9)5(11)1-3-10-4-2-5/h11H,1-4H2. The fraction of sp³-hybridized carbons (Fsp3) is 1.00. The SMILES string of the molecule is OC1(C(F)(F)F)CC[N]CC1. The lowest BCUT2D eigenvalue weighted by Gasteiger charge is -2.33. The maximum atomic E-state index is 12.0. The number of hydrogen-bond donors (Lipinski definition) is 1. The fourth-order valence-corrected chi connectivity index (χ4v) is 1.05. The van der Waals surface area contributed by atoms with E-state index in [-0.39, 0.29) is 25.9 Å². The lowest BCUT2D eigenvalue weighted by molar-refractivity contribution is -0.267. The zero-order valence-electron chi connectivity index (χ0n) is 5.86. The number of rotatable bonds is 0. The lowest BCUT2D eigenvalue weighted by Crippen LogP contribution is -2.50. The molecule has 11 heavy (non-hydrogen) atoms. The number of aliphatic hydroxyl groups is 1. The van der Waals surface area contributed by atoms with Crippen LogP contribution in [0.1, 0.15) is 12.8 Å². The van der Waals surface area contributed by atoms with Gasteiger partial charge in [-0.2, -0.15) is 13.2 Å². The largest absolute Gasteiger partial charge is 0.417 e. The van der Waals surface area contributed by atoms with Crippen LogP contribution in [0, 0.1) is 0 Å². The Hall–Kier alpha value is -0.290. The molecular formula is C6H9F3NO. The van der Waals surface area contributed by atoms with Gasteiger partial charge in [-0.25, -0.2) is 5.32 Å². The Balaban J connectivity index is 2.64. The molecule has 0 unspecified atom stereocenters. The molecule has 65 valence electrons. The third kappa shape index (κ3) is 1.65. The van der Waals surface area contributed by atoms with Crippen LogP contribution in [0.3, 0.4) is 0 Å². The number of halogens is 3. The minimum Gasteiger partial charge on any atom is -0.380 e. The first kappa shape index (κ1) is 8.80. The maximum absolute atomic E-state index is 12.0. The van der Waals surface area contributed by atoms with E-state index in [4.69, 9.17) is 5.11 Å². The fourth-order valence-electron chi connectivity index (χ4n) is 1.05. The Labute approximate surface area is 62.4 Å². The summed E-state index contributed by atoms with van der Waals surface area (Å²) in [6, 6.07) is 0. The van der Waals surface area contributed by atoms with Crippen LogP contribution in [0.25, 0.3) is 0 Å². The highest BCUT2D eigenvalue weighted by Crippen LogP contribution is 2.36. The van der Waals surface area contributed by atoms with Crippen LogP contribution in [0.5, 0.6) is 0 Å². The zero-order valence-corrected chi connectivity index (χ0v) is 5.86. The second-order valence-corrected chi connectivity index (χ2v) is 2.70. The van der Waals surface area contributed by atoms with Gasteiger partial charge in [0.15, 0.2) is 5.60 Å². The van der Waals surface area contributed by atoms with E-state index in [1.807, 2.05) is 0 Å². The quantitative estimate of drug-likeness (QED) is 0.567. The summed E-state index contributed by atoms with van der Waals surface area (Å²) in [7, 11) is 0. The van der Waals surface area contributed by atoms with Gasteiger partial charge in [-0.1, -0.05) is 0 Å². The lowest BCUT2D eigenvalue weighted by atomic mass is 9.92. The first-order valence-electron chi connectivity index (χ1n) is 3.38. The van der Waals surface area contributed by atoms with E-state index < -0.39 is 11.8 Å². The van der Waals surface area contributed by atoms with Crippen molar-refractivity contribution >= 4 is 0 Å². The van der Waals surface area contributed by atoms with Gasteiger partial charge in [0.05, 0.1) is 0 Å². The van der Waals surface area contributed by atoms with Gasteiger partial charge in [0.1, 0.15) is 0 Å². The molecule has 2 nitrogen and oxygen atoms in total. The molecule has 0 aromatic rings. The van der Waals surface area contributed by atoms with Crippen LogP contribution in [0.15, 0.2) is 0 Å². The van der Waals surface area contributed by atoms with Crippen molar-refractivity contribution in [3.05, 3.63) is 0 Å². The third-order valence-corrected chi connectivity index (χ3v) is 1.89. The van der Waals surface area contributed by atoms with E-state index in [0.29, 0.717) is 0 Å². The molecule has 1 heterocycles. The summed E-state index contributed by atoms with van der Waals surface area (Å²) in [6.45, 7) is 0.214. The summed E-state index contributed by atoms with van der Waals surface area (Å²) in [6.07, 6.45) is -5.09. The van der Waals surface area contributed by atoms with Gasteiger partial charge < -0.3 is 5.11 Å². The van der Waals surface area contributed by atoms with E-state index in [9.17, 15) is 13.2 Å². The van der Waals surface area contributed by atoms with Crippen molar-refractivity contribution in [3.8, 4) is 0 Å². The molecule has 0 aromatic heterocycles. The van der Waals surface area contributed by atoms with Crippen LogP contribution in [0.2, 0.25) is 0 Å². The average Bonchev–Trinajstić information content (AvgIpc) is 1.87. The van der Waals surface area contributed by atoms with Gasteiger partial charge in [0, 0.05) is 13.1 Å². The van der Waals surface area contributed by atoms with Crippen LogP contribution in [0.4, 0.5) is 13.2 Å². The van der Waals surface area contributed by atoms with Gasteiger partial charge in [-0.15, -0.1) is 0 Å². The summed E-state index contributed by atoms with van der Waals surface area (Å²) in [5, 5.41) is 12.7. The molecule has 1 saturated heterocycles. The van der Waals surface area contributed by atoms with Crippen molar-refractivity contribution in [2.45, 2.75) is 24.6 Å². The predicted octanol–water partition coefficient (Wildman–Crippen LogP) is 0.678. The minimum absolute atomic E-state index is 0.107. The Bertz CT molecular complexity index is 139. The van der Waals surface area contributed by atoms with Crippen molar-refractivity contribution in [1.82, 2.24) is 5.32 Å². The van der Waals surface area contributed by atoms with E-state index >= 15 is 0 Å². The van der Waals surface area contributed by atoms with Crippen LogP contribution < -0.4 is 5.32 Å². The molecule has 1 rings (SSSR count). The van der Waals surface area contributed by atoms with Crippen molar-refractivity contribution < 1.29 is 18.3 Å². The summed E-state index contributed by atoms with van der Waals surface area (Å²) >= 11 is 0. The predicted molar refractivity (Wildman–Crippen MR) is 32.1 cm³/mol. The van der Waals surface area contributed by atoms with Crippen LogP contribution in [-0.4, -0.2) is 30.0 Å². The van der Waals surface area contributed by atoms with Crippen molar-refractivity contribution in [2.75, 3.05) is 13.1 Å². The first-order valence-corrected chi connectivity index (χ1v) is 3.38. The van der Waals surface area contributed by atoms with E-state index in [1.165, 1.54) is 0 Å². The minimum atomic E-state index is -4.50. The normalized spacial score (nSPS) is 25.1. The number of nitrogens with zero attached hydrogens (tertiary/aromatic N) is 1. The van der Waals surface area contributed by atoms with Crippen molar-refractivity contribution in [3.63, 3.8) is 0 Å². The first-order chi connectivity index (χ1) is 4.96. The molecule has 1 aliphatic rings. The summed E-state index contributed by atoms with van der Waals surface area (Å²) in [5.74, 6) is 0. The van der Waals surface area contributed by atoms with Gasteiger partial charge >= 0.3 is 6.18 Å². The molecule has 5 heteroatoms. The topological polar surface area (TPSA) is 34.3 Å². The van der Waals surface area contributed by atoms with Crippen molar-refractivity contribution in [2.24, 2.45) is 0 Å². The Morgan fingerprint density at radius 2 is 1.64 bits per heavy atom. The Kier molecular flexibility index (Phi) is 2.11. The highest BCUT2D eigenvalue weighted by atomic mass is 19.4. The zero-order chi connectivity index (χ0) is 8.54. The molecule has 0 bridgehead atoms. The summed E-state index contributed by atoms with van der Waals surface area (Å²) in [4.78, 5) is 0. The molecule has 0 aliphatic carbocycles. The van der Waals surface area contributed by atoms with E-state index in [2.05, 4.69) is 5.32 Å². The van der Waals surface area contributed by atoms with E-state index in [0.717, 1.165) is 0 Å². The molecule has 0 saturated carbocycles. The molecule has 1 fully saturated rings. The molecule has 1 radical (unpaired) electrons. The molecule has 1 aliphatic heterocycles. The molecular weight excluding hydrogens is 159 g/mol. The van der Waals surface area contributed by atoms with Crippen LogP contribution >= 0.6 is 0 Å². The van der Waals surface area contributed by atoms with Gasteiger partial charge in [0.25, 0.3) is 0 Å². The maximum Gasteiger partial charge on any atom is 0.417 e. The molecule has 0 amide bonds. The summed E-state index contributed by atoms with van der Waals surface area (Å²) in [5.41, 5.74) is -2.48. The van der Waals surface area contributed by atoms with Gasteiger partial charge in [-0.05, 0) is 12.8 Å². The van der Waals surface area contributed by atoms with Crippen LogP contribution in [-0.2, 0) is 0 Å². The molecule has 1 N–H and O–H groups in total. The Morgan fingerprint density at radius 3 is 1.91 bits per heavy atom. The monoisotopic (exact) mass is 168 g/mol. The molecule has 0 spiro atoms. The smallest absolute Gasteiger partial charge is 0.380 e. The van der Waals surface area contributed by atoms with Crippen molar-refractivity contribution in [1.29, 1.82) is 0 Å².